The number of esters is 1. The van der Waals surface area contributed by atoms with Gasteiger partial charge in [0.1, 0.15) is 18.8 Å². The fraction of sp³-hybridized carbons (Fsp3) is 0.400. The van der Waals surface area contributed by atoms with E-state index in [9.17, 15) is 14.4 Å². The molecule has 0 unspecified atom stereocenters. The molecule has 2 N–H and O–H groups in total. The zero-order valence-electron chi connectivity index (χ0n) is 24.0. The van der Waals surface area contributed by atoms with Gasteiger partial charge in [0.05, 0.1) is 18.3 Å². The van der Waals surface area contributed by atoms with Crippen molar-refractivity contribution in [2.45, 2.75) is 58.9 Å². The molecular formula is C30H37ClN4O6. The molecule has 10 nitrogen and oxygen atoms in total. The molecule has 220 valence electrons. The van der Waals surface area contributed by atoms with Crippen LogP contribution in [-0.4, -0.2) is 47.5 Å². The lowest BCUT2D eigenvalue weighted by Crippen LogP contribution is -2.36. The SMILES string of the molecule is COC[C@H](NC(=O)OC(C)(C)C)c1cccc(CCNc2nc(Cl)c(C)n(CC(=O)OCc3ccccc3)c2=O)c1. The zero-order chi connectivity index (χ0) is 30.0. The lowest BCUT2D eigenvalue weighted by molar-refractivity contribution is -0.145. The van der Waals surface area contributed by atoms with Gasteiger partial charge in [-0.05, 0) is 50.8 Å². The number of halogens is 1. The van der Waals surface area contributed by atoms with Crippen molar-refractivity contribution in [3.05, 3.63) is 92.5 Å². The summed E-state index contributed by atoms with van der Waals surface area (Å²) >= 11 is 6.29. The summed E-state index contributed by atoms with van der Waals surface area (Å²) in [5.41, 5.74) is 1.93. The number of nitrogens with one attached hydrogen (secondary N) is 2. The smallest absolute Gasteiger partial charge is 0.408 e. The fourth-order valence-electron chi connectivity index (χ4n) is 3.97. The molecule has 0 aliphatic carbocycles. The number of methoxy groups -OCH3 is 1. The maximum Gasteiger partial charge on any atom is 0.408 e. The Morgan fingerprint density at radius 3 is 2.46 bits per heavy atom. The number of ether oxygens (including phenoxy) is 3. The molecule has 11 heteroatoms. The predicted octanol–water partition coefficient (Wildman–Crippen LogP) is 4.82. The van der Waals surface area contributed by atoms with Crippen LogP contribution in [-0.2, 0) is 38.6 Å². The average Bonchev–Trinajstić information content (AvgIpc) is 2.92. The number of rotatable bonds is 12. The lowest BCUT2D eigenvalue weighted by atomic mass is 10.0. The molecule has 41 heavy (non-hydrogen) atoms. The second-order valence-corrected chi connectivity index (χ2v) is 10.8. The maximum atomic E-state index is 13.1. The Labute approximate surface area is 245 Å². The van der Waals surface area contributed by atoms with Crippen LogP contribution in [0.15, 0.2) is 59.4 Å². The van der Waals surface area contributed by atoms with E-state index in [2.05, 4.69) is 15.6 Å². The number of aromatic nitrogens is 2. The Hall–Kier alpha value is -3.89. The molecule has 1 amide bonds. The molecule has 0 fully saturated rings. The Bertz CT molecular complexity index is 1390. The topological polar surface area (TPSA) is 121 Å². The molecule has 0 radical (unpaired) electrons. The van der Waals surface area contributed by atoms with Crippen molar-refractivity contribution in [2.24, 2.45) is 0 Å². The summed E-state index contributed by atoms with van der Waals surface area (Å²) in [4.78, 5) is 42.1. The number of alkyl carbamates (subject to hydrolysis) is 1. The number of nitrogens with zero attached hydrogens (tertiary/aromatic N) is 2. The second kappa shape index (κ2) is 14.7. The number of carbonyl (C=O) groups is 2. The molecule has 0 saturated heterocycles. The van der Waals surface area contributed by atoms with Crippen LogP contribution >= 0.6 is 11.6 Å². The minimum absolute atomic E-state index is 0.0384. The summed E-state index contributed by atoms with van der Waals surface area (Å²) in [7, 11) is 1.56. The molecule has 2 aromatic carbocycles. The number of hydrogen-bond acceptors (Lipinski definition) is 8. The van der Waals surface area contributed by atoms with Gasteiger partial charge in [-0.25, -0.2) is 9.78 Å². The molecule has 0 aliphatic heterocycles. The van der Waals surface area contributed by atoms with E-state index in [-0.39, 0.29) is 30.7 Å². The van der Waals surface area contributed by atoms with E-state index in [1.54, 1.807) is 34.8 Å². The molecule has 3 aromatic rings. The predicted molar refractivity (Wildman–Crippen MR) is 157 cm³/mol. The van der Waals surface area contributed by atoms with E-state index in [0.29, 0.717) is 18.7 Å². The third kappa shape index (κ3) is 9.91. The van der Waals surface area contributed by atoms with Crippen molar-refractivity contribution < 1.29 is 23.8 Å². The Morgan fingerprint density at radius 2 is 1.78 bits per heavy atom. The Morgan fingerprint density at radius 1 is 1.07 bits per heavy atom. The molecule has 1 aromatic heterocycles. The monoisotopic (exact) mass is 584 g/mol. The molecule has 0 spiro atoms. The highest BCUT2D eigenvalue weighted by Crippen LogP contribution is 2.18. The molecule has 1 heterocycles. The second-order valence-electron chi connectivity index (χ2n) is 10.5. The van der Waals surface area contributed by atoms with Gasteiger partial charge in [0.2, 0.25) is 0 Å². The number of benzene rings is 2. The van der Waals surface area contributed by atoms with Crippen molar-refractivity contribution >= 4 is 29.5 Å². The zero-order valence-corrected chi connectivity index (χ0v) is 24.8. The van der Waals surface area contributed by atoms with E-state index in [1.807, 2.05) is 54.6 Å². The highest BCUT2D eigenvalue weighted by molar-refractivity contribution is 6.30. The first-order chi connectivity index (χ1) is 19.5. The van der Waals surface area contributed by atoms with Gasteiger partial charge < -0.3 is 24.8 Å². The van der Waals surface area contributed by atoms with Crippen LogP contribution in [0.25, 0.3) is 0 Å². The minimum atomic E-state index is -0.622. The van der Waals surface area contributed by atoms with Crippen molar-refractivity contribution in [3.8, 4) is 0 Å². The van der Waals surface area contributed by atoms with E-state index in [4.69, 9.17) is 25.8 Å². The number of carbonyl (C=O) groups excluding carboxylic acids is 2. The summed E-state index contributed by atoms with van der Waals surface area (Å²) in [5, 5.41) is 6.00. The summed E-state index contributed by atoms with van der Waals surface area (Å²) in [6, 6.07) is 16.6. The summed E-state index contributed by atoms with van der Waals surface area (Å²) in [6.45, 7) is 7.48. The van der Waals surface area contributed by atoms with Crippen LogP contribution in [0.2, 0.25) is 5.15 Å². The van der Waals surface area contributed by atoms with Crippen LogP contribution in [0.3, 0.4) is 0 Å². The third-order valence-corrected chi connectivity index (χ3v) is 6.33. The van der Waals surface area contributed by atoms with Gasteiger partial charge in [0.25, 0.3) is 5.56 Å². The van der Waals surface area contributed by atoms with E-state index < -0.39 is 29.3 Å². The molecule has 1 atom stereocenters. The van der Waals surface area contributed by atoms with Crippen molar-refractivity contribution in [1.29, 1.82) is 0 Å². The maximum absolute atomic E-state index is 13.1. The first-order valence-corrected chi connectivity index (χ1v) is 13.6. The van der Waals surface area contributed by atoms with E-state index in [0.717, 1.165) is 16.7 Å². The quantitative estimate of drug-likeness (QED) is 0.291. The van der Waals surface area contributed by atoms with Crippen LogP contribution in [0.1, 0.15) is 49.2 Å². The molecule has 3 rings (SSSR count). The van der Waals surface area contributed by atoms with Crippen LogP contribution in [0.5, 0.6) is 0 Å². The summed E-state index contributed by atoms with van der Waals surface area (Å²) in [6.07, 6.45) is 0.0142. The fourth-order valence-corrected chi connectivity index (χ4v) is 4.15. The normalized spacial score (nSPS) is 12.0. The van der Waals surface area contributed by atoms with Gasteiger partial charge in [-0.3, -0.25) is 14.2 Å². The molecule has 0 aliphatic rings. The number of amides is 1. The van der Waals surface area contributed by atoms with Crippen molar-refractivity contribution in [2.75, 3.05) is 25.6 Å². The lowest BCUT2D eigenvalue weighted by Gasteiger charge is -2.24. The average molecular weight is 585 g/mol. The number of hydrogen-bond donors (Lipinski definition) is 2. The van der Waals surface area contributed by atoms with Crippen LogP contribution < -0.4 is 16.2 Å². The summed E-state index contributed by atoms with van der Waals surface area (Å²) < 4.78 is 17.3. The summed E-state index contributed by atoms with van der Waals surface area (Å²) in [5.74, 6) is -0.522. The highest BCUT2D eigenvalue weighted by Gasteiger charge is 2.21. The first kappa shape index (κ1) is 31.6. The molecule has 0 saturated carbocycles. The van der Waals surface area contributed by atoms with Crippen molar-refractivity contribution in [1.82, 2.24) is 14.9 Å². The van der Waals surface area contributed by atoms with Gasteiger partial charge in [0.15, 0.2) is 11.0 Å². The molecule has 0 bridgehead atoms. The number of anilines is 1. The van der Waals surface area contributed by atoms with Gasteiger partial charge in [0, 0.05) is 13.7 Å². The van der Waals surface area contributed by atoms with E-state index >= 15 is 0 Å². The largest absolute Gasteiger partial charge is 0.459 e. The standard InChI is InChI=1S/C30H37ClN4O6/c1-20-26(31)34-27(28(37)35(20)17-25(36)40-18-22-10-7-6-8-11-22)32-15-14-21-12-9-13-23(16-21)24(19-39-5)33-29(38)41-30(2,3)4/h6-13,16,24H,14-15,17-19H2,1-5H3,(H,32,34)(H,33,38)/t24-/m0/s1. The van der Waals surface area contributed by atoms with Crippen LogP contribution in [0.4, 0.5) is 10.6 Å². The third-order valence-electron chi connectivity index (χ3n) is 5.97. The molecular weight excluding hydrogens is 548 g/mol. The van der Waals surface area contributed by atoms with Gasteiger partial charge >= 0.3 is 12.1 Å². The van der Waals surface area contributed by atoms with Gasteiger partial charge in [-0.2, -0.15) is 0 Å². The van der Waals surface area contributed by atoms with Crippen molar-refractivity contribution in [3.63, 3.8) is 0 Å². The Kier molecular flexibility index (Phi) is 11.3. The van der Waals surface area contributed by atoms with E-state index in [1.165, 1.54) is 4.57 Å². The van der Waals surface area contributed by atoms with Crippen LogP contribution in [0, 0.1) is 6.92 Å². The Balaban J connectivity index is 1.64. The highest BCUT2D eigenvalue weighted by atomic mass is 35.5. The van der Waals surface area contributed by atoms with Gasteiger partial charge in [-0.1, -0.05) is 66.2 Å². The van der Waals surface area contributed by atoms with Gasteiger partial charge in [-0.15, -0.1) is 0 Å². The first-order valence-electron chi connectivity index (χ1n) is 13.2. The minimum Gasteiger partial charge on any atom is -0.459 e.